The SMILES string of the molecule is CN(c1cnc(-c2ccc(Br)cc2O)nn1)[C@@H]1CCC[C@@H]1F. The van der Waals surface area contributed by atoms with E-state index in [1.165, 1.54) is 0 Å². The summed E-state index contributed by atoms with van der Waals surface area (Å²) in [5, 5.41) is 18.1. The Labute approximate surface area is 136 Å². The normalized spacial score (nSPS) is 21.0. The van der Waals surface area contributed by atoms with Crippen LogP contribution in [0.15, 0.2) is 28.9 Å². The first-order chi connectivity index (χ1) is 10.6. The summed E-state index contributed by atoms with van der Waals surface area (Å²) in [6.07, 6.45) is 3.04. The Morgan fingerprint density at radius 3 is 2.73 bits per heavy atom. The quantitative estimate of drug-likeness (QED) is 0.902. The predicted molar refractivity (Wildman–Crippen MR) is 85.6 cm³/mol. The van der Waals surface area contributed by atoms with Crippen LogP contribution in [-0.2, 0) is 0 Å². The van der Waals surface area contributed by atoms with Crippen molar-refractivity contribution >= 4 is 21.7 Å². The standard InChI is InChI=1S/C15H16BrFN4O/c1-21(12-4-2-3-11(12)17)14-8-18-15(20-19-14)10-6-5-9(16)7-13(10)22/h5-8,11-12,22H,2-4H2,1H3/t11-,12+/m0/s1. The Morgan fingerprint density at radius 2 is 2.14 bits per heavy atom. The summed E-state index contributed by atoms with van der Waals surface area (Å²) in [6.45, 7) is 0. The number of phenols is 1. The Balaban J connectivity index is 1.83. The van der Waals surface area contributed by atoms with Crippen molar-refractivity contribution in [1.29, 1.82) is 0 Å². The molecule has 1 aromatic heterocycles. The van der Waals surface area contributed by atoms with E-state index in [1.54, 1.807) is 29.3 Å². The summed E-state index contributed by atoms with van der Waals surface area (Å²) in [5.74, 6) is 0.956. The lowest BCUT2D eigenvalue weighted by Gasteiger charge is -2.26. The molecule has 0 spiro atoms. The summed E-state index contributed by atoms with van der Waals surface area (Å²) in [4.78, 5) is 6.04. The average Bonchev–Trinajstić information content (AvgIpc) is 2.93. The second-order valence-electron chi connectivity index (χ2n) is 5.43. The minimum absolute atomic E-state index is 0.0805. The summed E-state index contributed by atoms with van der Waals surface area (Å²) in [6, 6.07) is 4.92. The lowest BCUT2D eigenvalue weighted by Crippen LogP contribution is -2.36. The second kappa shape index (κ2) is 6.16. The van der Waals surface area contributed by atoms with Crippen LogP contribution < -0.4 is 4.90 Å². The molecule has 1 N–H and O–H groups in total. The fourth-order valence-electron chi connectivity index (χ4n) is 2.75. The van der Waals surface area contributed by atoms with Gasteiger partial charge in [0.1, 0.15) is 11.9 Å². The number of alkyl halides is 1. The van der Waals surface area contributed by atoms with Gasteiger partial charge in [0.25, 0.3) is 0 Å². The summed E-state index contributed by atoms with van der Waals surface area (Å²) in [7, 11) is 1.81. The van der Waals surface area contributed by atoms with Crippen molar-refractivity contribution in [2.75, 3.05) is 11.9 Å². The van der Waals surface area contributed by atoms with Crippen LogP contribution in [0, 0.1) is 0 Å². The van der Waals surface area contributed by atoms with E-state index in [0.29, 0.717) is 23.6 Å². The molecular weight excluding hydrogens is 351 g/mol. The molecule has 0 radical (unpaired) electrons. The van der Waals surface area contributed by atoms with Crippen LogP contribution in [-0.4, -0.2) is 39.5 Å². The van der Waals surface area contributed by atoms with Gasteiger partial charge in [-0.2, -0.15) is 0 Å². The fraction of sp³-hybridized carbons (Fsp3) is 0.400. The molecule has 2 atom stereocenters. The molecule has 1 heterocycles. The summed E-state index contributed by atoms with van der Waals surface area (Å²) in [5.41, 5.74) is 0.508. The van der Waals surface area contributed by atoms with Crippen LogP contribution in [0.25, 0.3) is 11.4 Å². The highest BCUT2D eigenvalue weighted by atomic mass is 79.9. The molecule has 1 aromatic carbocycles. The lowest BCUT2D eigenvalue weighted by molar-refractivity contribution is 0.306. The largest absolute Gasteiger partial charge is 0.507 e. The van der Waals surface area contributed by atoms with Gasteiger partial charge in [-0.3, -0.25) is 0 Å². The molecule has 1 aliphatic carbocycles. The topological polar surface area (TPSA) is 62.1 Å². The number of benzene rings is 1. The highest BCUT2D eigenvalue weighted by Crippen LogP contribution is 2.31. The van der Waals surface area contributed by atoms with Crippen LogP contribution in [0.4, 0.5) is 10.2 Å². The van der Waals surface area contributed by atoms with Crippen molar-refractivity contribution in [2.45, 2.75) is 31.5 Å². The van der Waals surface area contributed by atoms with Gasteiger partial charge < -0.3 is 10.0 Å². The number of phenolic OH excluding ortho intramolecular Hbond substituents is 1. The van der Waals surface area contributed by atoms with Gasteiger partial charge in [0.05, 0.1) is 17.8 Å². The number of aromatic hydroxyl groups is 1. The average molecular weight is 367 g/mol. The maximum absolute atomic E-state index is 13.8. The predicted octanol–water partition coefficient (Wildman–Crippen LogP) is 3.33. The molecule has 1 fully saturated rings. The number of hydrogen-bond donors (Lipinski definition) is 1. The maximum atomic E-state index is 13.8. The maximum Gasteiger partial charge on any atom is 0.185 e. The zero-order chi connectivity index (χ0) is 15.7. The molecule has 0 amide bonds. The summed E-state index contributed by atoms with van der Waals surface area (Å²) < 4.78 is 14.6. The van der Waals surface area contributed by atoms with Gasteiger partial charge >= 0.3 is 0 Å². The number of halogens is 2. The fourth-order valence-corrected chi connectivity index (χ4v) is 3.10. The molecule has 116 valence electrons. The van der Waals surface area contributed by atoms with Gasteiger partial charge in [-0.25, -0.2) is 9.37 Å². The van der Waals surface area contributed by atoms with E-state index in [2.05, 4.69) is 31.1 Å². The molecule has 3 rings (SSSR count). The van der Waals surface area contributed by atoms with Gasteiger partial charge in [-0.05, 0) is 37.5 Å². The number of hydrogen-bond acceptors (Lipinski definition) is 5. The van der Waals surface area contributed by atoms with E-state index >= 15 is 0 Å². The van der Waals surface area contributed by atoms with Crippen molar-refractivity contribution < 1.29 is 9.50 Å². The van der Waals surface area contributed by atoms with E-state index in [0.717, 1.165) is 17.3 Å². The molecule has 22 heavy (non-hydrogen) atoms. The Bertz CT molecular complexity index is 667. The number of nitrogens with zero attached hydrogens (tertiary/aromatic N) is 4. The Kier molecular flexibility index (Phi) is 4.24. The van der Waals surface area contributed by atoms with Crippen LogP contribution in [0.3, 0.4) is 0 Å². The lowest BCUT2D eigenvalue weighted by atomic mass is 10.2. The molecule has 1 saturated carbocycles. The zero-order valence-corrected chi connectivity index (χ0v) is 13.7. The monoisotopic (exact) mass is 366 g/mol. The minimum Gasteiger partial charge on any atom is -0.507 e. The Hall–Kier alpha value is -1.76. The van der Waals surface area contributed by atoms with Gasteiger partial charge in [0, 0.05) is 11.5 Å². The summed E-state index contributed by atoms with van der Waals surface area (Å²) >= 11 is 3.28. The molecule has 1 aliphatic rings. The van der Waals surface area contributed by atoms with Crippen LogP contribution >= 0.6 is 15.9 Å². The van der Waals surface area contributed by atoms with Crippen molar-refractivity contribution in [2.24, 2.45) is 0 Å². The number of anilines is 1. The smallest absolute Gasteiger partial charge is 0.185 e. The van der Waals surface area contributed by atoms with Crippen LogP contribution in [0.1, 0.15) is 19.3 Å². The first kappa shape index (κ1) is 15.1. The van der Waals surface area contributed by atoms with E-state index < -0.39 is 6.17 Å². The molecule has 0 saturated heterocycles. The van der Waals surface area contributed by atoms with Crippen molar-refractivity contribution in [3.8, 4) is 17.1 Å². The van der Waals surface area contributed by atoms with Crippen molar-refractivity contribution in [1.82, 2.24) is 15.2 Å². The van der Waals surface area contributed by atoms with E-state index in [9.17, 15) is 9.50 Å². The molecular formula is C15H16BrFN4O. The molecule has 7 heteroatoms. The van der Waals surface area contributed by atoms with Gasteiger partial charge in [0.15, 0.2) is 11.6 Å². The van der Waals surface area contributed by atoms with Gasteiger partial charge in [0.2, 0.25) is 0 Å². The number of rotatable bonds is 3. The van der Waals surface area contributed by atoms with Gasteiger partial charge in [-0.15, -0.1) is 10.2 Å². The third-order valence-corrected chi connectivity index (χ3v) is 4.50. The van der Waals surface area contributed by atoms with Crippen molar-refractivity contribution in [3.63, 3.8) is 0 Å². The third kappa shape index (κ3) is 2.90. The number of aromatic nitrogens is 3. The van der Waals surface area contributed by atoms with E-state index in [-0.39, 0.29) is 11.8 Å². The molecule has 0 unspecified atom stereocenters. The molecule has 5 nitrogen and oxygen atoms in total. The Morgan fingerprint density at radius 1 is 1.32 bits per heavy atom. The minimum atomic E-state index is -0.831. The molecule has 0 aliphatic heterocycles. The second-order valence-corrected chi connectivity index (χ2v) is 6.34. The van der Waals surface area contributed by atoms with E-state index in [4.69, 9.17) is 0 Å². The van der Waals surface area contributed by atoms with Crippen molar-refractivity contribution in [3.05, 3.63) is 28.9 Å². The zero-order valence-electron chi connectivity index (χ0n) is 12.1. The first-order valence-electron chi connectivity index (χ1n) is 7.12. The van der Waals surface area contributed by atoms with Crippen LogP contribution in [0.2, 0.25) is 0 Å². The van der Waals surface area contributed by atoms with E-state index in [1.807, 2.05) is 7.05 Å². The first-order valence-corrected chi connectivity index (χ1v) is 7.91. The highest BCUT2D eigenvalue weighted by molar-refractivity contribution is 9.10. The molecule has 0 bridgehead atoms. The molecule has 2 aromatic rings. The van der Waals surface area contributed by atoms with Gasteiger partial charge in [-0.1, -0.05) is 15.9 Å². The highest BCUT2D eigenvalue weighted by Gasteiger charge is 2.31. The third-order valence-electron chi connectivity index (χ3n) is 4.01. The van der Waals surface area contributed by atoms with Crippen LogP contribution in [0.5, 0.6) is 5.75 Å².